The van der Waals surface area contributed by atoms with E-state index in [9.17, 15) is 13.6 Å². The first kappa shape index (κ1) is 16.4. The average Bonchev–Trinajstić information content (AvgIpc) is 3.24. The Morgan fingerprint density at radius 1 is 1.19 bits per heavy atom. The number of hydrogen-bond acceptors (Lipinski definition) is 4. The van der Waals surface area contributed by atoms with Crippen molar-refractivity contribution in [1.29, 1.82) is 0 Å². The van der Waals surface area contributed by atoms with Gasteiger partial charge in [0.15, 0.2) is 5.82 Å². The minimum absolute atomic E-state index is 0.124. The standard InChI is InChI=1S/C19H15F2N3O2/c1-11-15(21)6-3-7-16(11)24-10-13(9-17(24)25)18-22-19(26-23-18)12-4-2-5-14(20)8-12/h2-8,13H,9-10H2,1H3. The van der Waals surface area contributed by atoms with E-state index in [1.165, 1.54) is 18.2 Å². The molecule has 1 saturated heterocycles. The molecule has 1 amide bonds. The summed E-state index contributed by atoms with van der Waals surface area (Å²) in [5, 5.41) is 3.95. The lowest BCUT2D eigenvalue weighted by Gasteiger charge is -2.18. The Morgan fingerprint density at radius 2 is 2.00 bits per heavy atom. The molecule has 1 atom stereocenters. The summed E-state index contributed by atoms with van der Waals surface area (Å²) in [6, 6.07) is 10.5. The highest BCUT2D eigenvalue weighted by Gasteiger charge is 2.35. The Kier molecular flexibility index (Phi) is 3.99. The third-order valence-electron chi connectivity index (χ3n) is 4.53. The lowest BCUT2D eigenvalue weighted by Crippen LogP contribution is -2.25. The van der Waals surface area contributed by atoms with Crippen LogP contribution in [0.25, 0.3) is 11.5 Å². The van der Waals surface area contributed by atoms with Crippen LogP contribution in [-0.4, -0.2) is 22.6 Å². The van der Waals surface area contributed by atoms with E-state index >= 15 is 0 Å². The molecule has 1 aliphatic heterocycles. The minimum Gasteiger partial charge on any atom is -0.334 e. The summed E-state index contributed by atoms with van der Waals surface area (Å²) in [5.74, 6) is -0.559. The first-order chi connectivity index (χ1) is 12.5. The van der Waals surface area contributed by atoms with E-state index in [0.717, 1.165) is 0 Å². The van der Waals surface area contributed by atoms with Gasteiger partial charge in [-0.05, 0) is 37.3 Å². The molecule has 132 valence electrons. The largest absolute Gasteiger partial charge is 0.334 e. The van der Waals surface area contributed by atoms with Crippen LogP contribution in [0.3, 0.4) is 0 Å². The highest BCUT2D eigenvalue weighted by molar-refractivity contribution is 5.97. The van der Waals surface area contributed by atoms with Crippen molar-refractivity contribution in [2.75, 3.05) is 11.4 Å². The molecule has 1 aromatic heterocycles. The molecule has 4 rings (SSSR count). The number of amides is 1. The SMILES string of the molecule is Cc1c(F)cccc1N1CC(c2noc(-c3cccc(F)c3)n2)CC1=O. The van der Waals surface area contributed by atoms with E-state index in [1.807, 2.05) is 0 Å². The molecular formula is C19H15F2N3O2. The van der Waals surface area contributed by atoms with Crippen LogP contribution in [0.5, 0.6) is 0 Å². The molecule has 0 aliphatic carbocycles. The van der Waals surface area contributed by atoms with Gasteiger partial charge in [-0.2, -0.15) is 4.98 Å². The van der Waals surface area contributed by atoms with E-state index in [2.05, 4.69) is 10.1 Å². The number of anilines is 1. The molecule has 0 bridgehead atoms. The van der Waals surface area contributed by atoms with E-state index in [0.29, 0.717) is 29.2 Å². The number of nitrogens with zero attached hydrogens (tertiary/aromatic N) is 3. The van der Waals surface area contributed by atoms with Gasteiger partial charge in [-0.3, -0.25) is 4.79 Å². The number of benzene rings is 2. The van der Waals surface area contributed by atoms with Crippen molar-refractivity contribution in [2.24, 2.45) is 0 Å². The lowest BCUT2D eigenvalue weighted by atomic mass is 10.1. The van der Waals surface area contributed by atoms with Crippen LogP contribution in [0.15, 0.2) is 47.0 Å². The fourth-order valence-corrected chi connectivity index (χ4v) is 3.14. The van der Waals surface area contributed by atoms with Crippen molar-refractivity contribution in [3.63, 3.8) is 0 Å². The van der Waals surface area contributed by atoms with Crippen LogP contribution in [0.4, 0.5) is 14.5 Å². The number of halogens is 2. The number of rotatable bonds is 3. The number of aromatic nitrogens is 2. The van der Waals surface area contributed by atoms with E-state index in [-0.39, 0.29) is 30.0 Å². The Bertz CT molecular complexity index is 986. The fourth-order valence-electron chi connectivity index (χ4n) is 3.14. The summed E-state index contributed by atoms with van der Waals surface area (Å²) in [6.07, 6.45) is 0.206. The van der Waals surface area contributed by atoms with Gasteiger partial charge in [0.25, 0.3) is 5.89 Å². The highest BCUT2D eigenvalue weighted by atomic mass is 19.1. The van der Waals surface area contributed by atoms with Gasteiger partial charge < -0.3 is 9.42 Å². The first-order valence-corrected chi connectivity index (χ1v) is 8.18. The van der Waals surface area contributed by atoms with Crippen molar-refractivity contribution in [3.8, 4) is 11.5 Å². The monoisotopic (exact) mass is 355 g/mol. The Labute approximate surface area is 148 Å². The van der Waals surface area contributed by atoms with Crippen molar-refractivity contribution >= 4 is 11.6 Å². The third-order valence-corrected chi connectivity index (χ3v) is 4.53. The van der Waals surface area contributed by atoms with E-state index in [1.54, 1.807) is 36.1 Å². The molecule has 0 N–H and O–H groups in total. The second-order valence-electron chi connectivity index (χ2n) is 6.26. The Balaban J connectivity index is 1.59. The van der Waals surface area contributed by atoms with Gasteiger partial charge >= 0.3 is 0 Å². The zero-order valence-electron chi connectivity index (χ0n) is 13.9. The zero-order chi connectivity index (χ0) is 18.3. The van der Waals surface area contributed by atoms with Gasteiger partial charge in [0, 0.05) is 35.7 Å². The molecule has 0 saturated carbocycles. The van der Waals surface area contributed by atoms with Gasteiger partial charge in [-0.25, -0.2) is 8.78 Å². The van der Waals surface area contributed by atoms with Crippen molar-refractivity contribution in [2.45, 2.75) is 19.3 Å². The molecule has 3 aromatic rings. The Morgan fingerprint density at radius 3 is 2.81 bits per heavy atom. The highest BCUT2D eigenvalue weighted by Crippen LogP contribution is 2.33. The Hall–Kier alpha value is -3.09. The smallest absolute Gasteiger partial charge is 0.258 e. The van der Waals surface area contributed by atoms with Crippen LogP contribution in [0.1, 0.15) is 23.7 Å². The summed E-state index contributed by atoms with van der Waals surface area (Å²) >= 11 is 0. The minimum atomic E-state index is -0.397. The van der Waals surface area contributed by atoms with Gasteiger partial charge in [0.1, 0.15) is 11.6 Å². The molecule has 5 nitrogen and oxygen atoms in total. The summed E-state index contributed by atoms with van der Waals surface area (Å²) in [4.78, 5) is 18.3. The molecule has 2 aromatic carbocycles. The first-order valence-electron chi connectivity index (χ1n) is 8.18. The van der Waals surface area contributed by atoms with Crippen molar-refractivity contribution < 1.29 is 18.1 Å². The van der Waals surface area contributed by atoms with Crippen LogP contribution < -0.4 is 4.90 Å². The predicted octanol–water partition coefficient (Wildman–Crippen LogP) is 3.84. The fraction of sp³-hybridized carbons (Fsp3) is 0.211. The molecule has 1 aliphatic rings. The van der Waals surface area contributed by atoms with Crippen LogP contribution in [0, 0.1) is 18.6 Å². The lowest BCUT2D eigenvalue weighted by molar-refractivity contribution is -0.117. The maximum Gasteiger partial charge on any atom is 0.258 e. The number of hydrogen-bond donors (Lipinski definition) is 0. The maximum absolute atomic E-state index is 13.8. The van der Waals surface area contributed by atoms with Gasteiger partial charge in [0.2, 0.25) is 5.91 Å². The normalized spacial score (nSPS) is 17.1. The molecule has 0 spiro atoms. The van der Waals surface area contributed by atoms with Crippen molar-refractivity contribution in [1.82, 2.24) is 10.1 Å². The molecule has 0 radical (unpaired) electrons. The summed E-state index contributed by atoms with van der Waals surface area (Å²) in [6.45, 7) is 1.98. The van der Waals surface area contributed by atoms with Gasteiger partial charge in [0.05, 0.1) is 0 Å². The summed E-state index contributed by atoms with van der Waals surface area (Å²) in [7, 11) is 0. The molecule has 1 fully saturated rings. The average molecular weight is 355 g/mol. The maximum atomic E-state index is 13.8. The topological polar surface area (TPSA) is 59.2 Å². The summed E-state index contributed by atoms with van der Waals surface area (Å²) < 4.78 is 32.4. The quantitative estimate of drug-likeness (QED) is 0.716. The van der Waals surface area contributed by atoms with Crippen molar-refractivity contribution in [3.05, 3.63) is 65.5 Å². The zero-order valence-corrected chi connectivity index (χ0v) is 13.9. The summed E-state index contributed by atoms with van der Waals surface area (Å²) in [5.41, 5.74) is 1.45. The molecule has 7 heteroatoms. The van der Waals surface area contributed by atoms with Crippen LogP contribution >= 0.6 is 0 Å². The van der Waals surface area contributed by atoms with Gasteiger partial charge in [-0.1, -0.05) is 17.3 Å². The second-order valence-corrected chi connectivity index (χ2v) is 6.26. The molecule has 26 heavy (non-hydrogen) atoms. The van der Waals surface area contributed by atoms with Gasteiger partial charge in [-0.15, -0.1) is 0 Å². The van der Waals surface area contributed by atoms with E-state index in [4.69, 9.17) is 4.52 Å². The number of carbonyl (C=O) groups excluding carboxylic acids is 1. The van der Waals surface area contributed by atoms with Crippen LogP contribution in [0.2, 0.25) is 0 Å². The van der Waals surface area contributed by atoms with E-state index < -0.39 is 5.82 Å². The molecule has 1 unspecified atom stereocenters. The van der Waals surface area contributed by atoms with Crippen LogP contribution in [-0.2, 0) is 4.79 Å². The predicted molar refractivity (Wildman–Crippen MR) is 90.5 cm³/mol. The number of carbonyl (C=O) groups is 1. The molecule has 2 heterocycles. The second kappa shape index (κ2) is 6.33. The molecular weight excluding hydrogens is 340 g/mol. The third kappa shape index (κ3) is 2.85.